The monoisotopic (exact) mass is 312 g/mol. The van der Waals surface area contributed by atoms with Crippen molar-refractivity contribution < 1.29 is 15.3 Å². The average molecular weight is 312 g/mol. The first kappa shape index (κ1) is 19.7. The molecule has 3 unspecified atom stereocenters. The molecule has 22 heavy (non-hydrogen) atoms. The fourth-order valence-corrected chi connectivity index (χ4v) is 3.55. The minimum absolute atomic E-state index is 0.0877. The first-order chi connectivity index (χ1) is 10.6. The van der Waals surface area contributed by atoms with Gasteiger partial charge in [-0.3, -0.25) is 0 Å². The third-order valence-electron chi connectivity index (χ3n) is 4.98. The zero-order valence-corrected chi connectivity index (χ0v) is 14.3. The van der Waals surface area contributed by atoms with E-state index in [0.29, 0.717) is 0 Å². The van der Waals surface area contributed by atoms with Gasteiger partial charge in [0.05, 0.1) is 12.2 Å². The summed E-state index contributed by atoms with van der Waals surface area (Å²) in [6.07, 6.45) is 16.0. The summed E-state index contributed by atoms with van der Waals surface area (Å²) in [5, 5.41) is 28.8. The Labute approximate surface area is 136 Å². The molecule has 3 N–H and O–H groups in total. The van der Waals surface area contributed by atoms with Crippen molar-refractivity contribution in [3.8, 4) is 0 Å². The van der Waals surface area contributed by atoms with E-state index >= 15 is 0 Å². The van der Waals surface area contributed by atoms with Crippen molar-refractivity contribution in [2.45, 2.75) is 96.2 Å². The molecule has 0 aromatic carbocycles. The second-order valence-corrected chi connectivity index (χ2v) is 7.07. The quantitative estimate of drug-likeness (QED) is 0.377. The summed E-state index contributed by atoms with van der Waals surface area (Å²) in [6, 6.07) is 0. The van der Waals surface area contributed by atoms with Crippen molar-refractivity contribution in [1.29, 1.82) is 0 Å². The molecule has 0 heterocycles. The summed E-state index contributed by atoms with van der Waals surface area (Å²) in [6.45, 7) is 2.46. The molecule has 0 amide bonds. The lowest BCUT2D eigenvalue weighted by Gasteiger charge is -2.26. The molecule has 1 saturated carbocycles. The highest BCUT2D eigenvalue weighted by Crippen LogP contribution is 2.44. The molecule has 0 radical (unpaired) electrons. The van der Waals surface area contributed by atoms with Gasteiger partial charge >= 0.3 is 0 Å². The van der Waals surface area contributed by atoms with E-state index in [-0.39, 0.29) is 24.2 Å². The van der Waals surface area contributed by atoms with Crippen LogP contribution in [0.15, 0.2) is 12.2 Å². The van der Waals surface area contributed by atoms with Gasteiger partial charge in [-0.05, 0) is 43.9 Å². The lowest BCUT2D eigenvalue weighted by molar-refractivity contribution is 0.165. The van der Waals surface area contributed by atoms with Crippen LogP contribution in [0.3, 0.4) is 0 Å². The van der Waals surface area contributed by atoms with Crippen LogP contribution in [0.2, 0.25) is 0 Å². The molecule has 0 spiro atoms. The average Bonchev–Trinajstić information content (AvgIpc) is 2.87. The van der Waals surface area contributed by atoms with Gasteiger partial charge in [0.15, 0.2) is 0 Å². The zero-order valence-electron chi connectivity index (χ0n) is 14.3. The Hall–Kier alpha value is -0.380. The van der Waals surface area contributed by atoms with Crippen LogP contribution in [-0.2, 0) is 0 Å². The molecule has 0 saturated heterocycles. The van der Waals surface area contributed by atoms with Crippen molar-refractivity contribution in [2.24, 2.45) is 5.41 Å². The third-order valence-corrected chi connectivity index (χ3v) is 4.98. The van der Waals surface area contributed by atoms with Crippen molar-refractivity contribution in [1.82, 2.24) is 0 Å². The number of hydrogen-bond donors (Lipinski definition) is 3. The summed E-state index contributed by atoms with van der Waals surface area (Å²) in [7, 11) is 0. The summed E-state index contributed by atoms with van der Waals surface area (Å²) >= 11 is 0. The molecule has 0 aliphatic heterocycles. The lowest BCUT2D eigenvalue weighted by Crippen LogP contribution is -2.16. The van der Waals surface area contributed by atoms with E-state index in [4.69, 9.17) is 5.11 Å². The maximum Gasteiger partial charge on any atom is 0.0721 e. The largest absolute Gasteiger partial charge is 0.396 e. The Balaban J connectivity index is 2.42. The molecule has 1 fully saturated rings. The smallest absolute Gasteiger partial charge is 0.0721 e. The number of aliphatic hydroxyl groups excluding tert-OH is 3. The van der Waals surface area contributed by atoms with Crippen LogP contribution >= 0.6 is 0 Å². The molecule has 0 aromatic rings. The fraction of sp³-hybridized carbons (Fsp3) is 0.895. The Bertz CT molecular complexity index is 303. The number of aliphatic hydroxyl groups is 3. The van der Waals surface area contributed by atoms with Gasteiger partial charge in [-0.2, -0.15) is 0 Å². The first-order valence-electron chi connectivity index (χ1n) is 9.28. The Morgan fingerprint density at radius 1 is 1.14 bits per heavy atom. The lowest BCUT2D eigenvalue weighted by atomic mass is 9.80. The molecule has 0 aromatic heterocycles. The molecule has 3 nitrogen and oxygen atoms in total. The summed E-state index contributed by atoms with van der Waals surface area (Å²) in [5.41, 5.74) is 0.0877. The topological polar surface area (TPSA) is 60.7 Å². The van der Waals surface area contributed by atoms with Crippen LogP contribution in [0.5, 0.6) is 0 Å². The standard InChI is InChI=1S/C19H36O3/c1-2-3-6-9-17(21)10-13-19(14-11-18(22)16-19)12-7-4-5-8-15-20/h10,13,17-18,20-22H,2-9,11-12,14-16H2,1H3. The minimum Gasteiger partial charge on any atom is -0.396 e. The highest BCUT2D eigenvalue weighted by molar-refractivity contribution is 5.06. The predicted molar refractivity (Wildman–Crippen MR) is 91.8 cm³/mol. The molecule has 3 heteroatoms. The zero-order chi connectivity index (χ0) is 16.3. The fourth-order valence-electron chi connectivity index (χ4n) is 3.55. The highest BCUT2D eigenvalue weighted by atomic mass is 16.3. The second kappa shape index (κ2) is 11.2. The Morgan fingerprint density at radius 3 is 2.55 bits per heavy atom. The minimum atomic E-state index is -0.337. The van der Waals surface area contributed by atoms with Crippen molar-refractivity contribution >= 4 is 0 Å². The van der Waals surface area contributed by atoms with E-state index in [1.165, 1.54) is 12.8 Å². The van der Waals surface area contributed by atoms with E-state index in [1.807, 2.05) is 6.08 Å². The maximum atomic E-state index is 10.1. The normalized spacial score (nSPS) is 26.8. The molecule has 130 valence electrons. The summed E-state index contributed by atoms with van der Waals surface area (Å²) < 4.78 is 0. The molecule has 0 bridgehead atoms. The molecule has 1 rings (SSSR count). The van der Waals surface area contributed by atoms with Gasteiger partial charge in [-0.25, -0.2) is 0 Å². The molecule has 1 aliphatic carbocycles. The SMILES string of the molecule is CCCCCC(O)C=CC1(CCCCCCO)CCC(O)C1. The molecular formula is C19H36O3. The van der Waals surface area contributed by atoms with Crippen LogP contribution in [0.1, 0.15) is 84.0 Å². The van der Waals surface area contributed by atoms with Gasteiger partial charge in [-0.15, -0.1) is 0 Å². The van der Waals surface area contributed by atoms with Gasteiger partial charge in [0.25, 0.3) is 0 Å². The van der Waals surface area contributed by atoms with Gasteiger partial charge in [0.2, 0.25) is 0 Å². The van der Waals surface area contributed by atoms with E-state index < -0.39 is 0 Å². The van der Waals surface area contributed by atoms with Crippen LogP contribution < -0.4 is 0 Å². The second-order valence-electron chi connectivity index (χ2n) is 7.07. The van der Waals surface area contributed by atoms with E-state index in [9.17, 15) is 10.2 Å². The van der Waals surface area contributed by atoms with Gasteiger partial charge in [0, 0.05) is 6.61 Å². The van der Waals surface area contributed by atoms with Gasteiger partial charge in [0.1, 0.15) is 0 Å². The number of unbranched alkanes of at least 4 members (excludes halogenated alkanes) is 5. The predicted octanol–water partition coefficient (Wildman–Crippen LogP) is 3.96. The van der Waals surface area contributed by atoms with Crippen molar-refractivity contribution in [3.05, 3.63) is 12.2 Å². The van der Waals surface area contributed by atoms with E-state index in [2.05, 4.69) is 13.0 Å². The maximum absolute atomic E-state index is 10.1. The molecule has 1 aliphatic rings. The molecular weight excluding hydrogens is 276 g/mol. The van der Waals surface area contributed by atoms with Crippen LogP contribution in [-0.4, -0.2) is 34.1 Å². The number of allylic oxidation sites excluding steroid dienone is 1. The Morgan fingerprint density at radius 2 is 1.91 bits per heavy atom. The summed E-state index contributed by atoms with van der Waals surface area (Å²) in [4.78, 5) is 0. The van der Waals surface area contributed by atoms with Crippen LogP contribution in [0.25, 0.3) is 0 Å². The van der Waals surface area contributed by atoms with Crippen molar-refractivity contribution in [3.63, 3.8) is 0 Å². The number of rotatable bonds is 12. The van der Waals surface area contributed by atoms with Gasteiger partial charge in [-0.1, -0.05) is 57.6 Å². The highest BCUT2D eigenvalue weighted by Gasteiger charge is 2.35. The third kappa shape index (κ3) is 7.75. The van der Waals surface area contributed by atoms with Crippen LogP contribution in [0, 0.1) is 5.41 Å². The van der Waals surface area contributed by atoms with E-state index in [1.54, 1.807) is 0 Å². The van der Waals surface area contributed by atoms with Crippen LogP contribution in [0.4, 0.5) is 0 Å². The van der Waals surface area contributed by atoms with E-state index in [0.717, 1.165) is 64.2 Å². The van der Waals surface area contributed by atoms with Gasteiger partial charge < -0.3 is 15.3 Å². The first-order valence-corrected chi connectivity index (χ1v) is 9.28. The molecule has 3 atom stereocenters. The van der Waals surface area contributed by atoms with Crippen molar-refractivity contribution in [2.75, 3.05) is 6.61 Å². The number of hydrogen-bond acceptors (Lipinski definition) is 3. The summed E-state index contributed by atoms with van der Waals surface area (Å²) in [5.74, 6) is 0. The Kier molecular flexibility index (Phi) is 10.0.